The Kier molecular flexibility index (Phi) is 5.32. The Labute approximate surface area is 133 Å². The van der Waals surface area contributed by atoms with Gasteiger partial charge < -0.3 is 4.74 Å². The maximum Gasteiger partial charge on any atom is 0.308 e. The van der Waals surface area contributed by atoms with Crippen molar-refractivity contribution in [1.29, 1.82) is 0 Å². The van der Waals surface area contributed by atoms with Crippen LogP contribution in [0.15, 0.2) is 34.5 Å². The average molecular weight is 318 g/mol. The van der Waals surface area contributed by atoms with Crippen LogP contribution in [0.2, 0.25) is 0 Å². The highest BCUT2D eigenvalue weighted by atomic mass is 32.2. The molecule has 0 saturated heterocycles. The number of aromatic nitrogens is 3. The van der Waals surface area contributed by atoms with E-state index in [0.29, 0.717) is 5.75 Å². The summed E-state index contributed by atoms with van der Waals surface area (Å²) >= 11 is 1.50. The molecule has 2 aromatic rings. The fraction of sp³-hybridized carbons (Fsp3) is 0.333. The lowest BCUT2D eigenvalue weighted by molar-refractivity contribution is -0.131. The monoisotopic (exact) mass is 318 g/mol. The summed E-state index contributed by atoms with van der Waals surface area (Å²) in [6.45, 7) is 5.47. The lowest BCUT2D eigenvalue weighted by atomic mass is 10.2. The van der Waals surface area contributed by atoms with E-state index in [4.69, 9.17) is 4.74 Å². The van der Waals surface area contributed by atoms with E-state index in [2.05, 4.69) is 15.3 Å². The molecule has 22 heavy (non-hydrogen) atoms. The first-order chi connectivity index (χ1) is 10.5. The van der Waals surface area contributed by atoms with Crippen LogP contribution in [0.25, 0.3) is 0 Å². The van der Waals surface area contributed by atoms with Crippen molar-refractivity contribution < 1.29 is 9.53 Å². The summed E-state index contributed by atoms with van der Waals surface area (Å²) in [4.78, 5) is 10.9. The normalized spacial score (nSPS) is 11.3. The minimum atomic E-state index is -0.336. The molecule has 0 radical (unpaired) electrons. The molecule has 1 aromatic carbocycles. The maximum absolute atomic E-state index is 10.9. The smallest absolute Gasteiger partial charge is 0.308 e. The molecule has 0 atom stereocenters. The fourth-order valence-corrected chi connectivity index (χ4v) is 2.22. The molecule has 1 heterocycles. The van der Waals surface area contributed by atoms with Crippen LogP contribution in [0.3, 0.4) is 0 Å². The van der Waals surface area contributed by atoms with E-state index >= 15 is 0 Å². The highest BCUT2D eigenvalue weighted by Crippen LogP contribution is 2.19. The largest absolute Gasteiger partial charge is 0.427 e. The van der Waals surface area contributed by atoms with Crippen molar-refractivity contribution in [3.63, 3.8) is 0 Å². The number of hydrogen-bond acceptors (Lipinski definition) is 6. The number of benzene rings is 1. The SMILES string of the molecule is CSc1nnc(C(C)C)n1/N=C\c1ccc(OC(C)=O)cc1. The van der Waals surface area contributed by atoms with Gasteiger partial charge in [-0.25, -0.2) is 0 Å². The summed E-state index contributed by atoms with van der Waals surface area (Å²) < 4.78 is 6.74. The second kappa shape index (κ2) is 7.22. The zero-order valence-electron chi connectivity index (χ0n) is 13.0. The number of thioether (sulfide) groups is 1. The van der Waals surface area contributed by atoms with Gasteiger partial charge in [0.2, 0.25) is 5.16 Å². The van der Waals surface area contributed by atoms with Gasteiger partial charge in [0.05, 0.1) is 6.21 Å². The summed E-state index contributed by atoms with van der Waals surface area (Å²) in [7, 11) is 0. The van der Waals surface area contributed by atoms with E-state index in [1.165, 1.54) is 18.7 Å². The van der Waals surface area contributed by atoms with Crippen LogP contribution in [-0.2, 0) is 4.79 Å². The quantitative estimate of drug-likeness (QED) is 0.367. The Morgan fingerprint density at radius 1 is 1.32 bits per heavy atom. The van der Waals surface area contributed by atoms with E-state index < -0.39 is 0 Å². The second-order valence-electron chi connectivity index (χ2n) is 4.92. The van der Waals surface area contributed by atoms with Gasteiger partial charge in [-0.05, 0) is 36.1 Å². The summed E-state index contributed by atoms with van der Waals surface area (Å²) in [5.41, 5.74) is 0.895. The summed E-state index contributed by atoms with van der Waals surface area (Å²) in [6, 6.07) is 7.13. The van der Waals surface area contributed by atoms with Crippen LogP contribution in [0, 0.1) is 0 Å². The minimum absolute atomic E-state index is 0.233. The van der Waals surface area contributed by atoms with Crippen molar-refractivity contribution in [2.24, 2.45) is 5.10 Å². The number of rotatable bonds is 5. The van der Waals surface area contributed by atoms with E-state index in [0.717, 1.165) is 16.5 Å². The lowest BCUT2D eigenvalue weighted by Gasteiger charge is -2.05. The predicted molar refractivity (Wildman–Crippen MR) is 86.6 cm³/mol. The highest BCUT2D eigenvalue weighted by molar-refractivity contribution is 7.98. The second-order valence-corrected chi connectivity index (χ2v) is 5.69. The van der Waals surface area contributed by atoms with E-state index in [9.17, 15) is 4.79 Å². The predicted octanol–water partition coefficient (Wildman–Crippen LogP) is 2.93. The Bertz CT molecular complexity index is 677. The van der Waals surface area contributed by atoms with Crippen LogP contribution in [0.5, 0.6) is 5.75 Å². The van der Waals surface area contributed by atoms with Crippen LogP contribution in [-0.4, -0.2) is 33.3 Å². The van der Waals surface area contributed by atoms with Gasteiger partial charge >= 0.3 is 5.97 Å². The van der Waals surface area contributed by atoms with Gasteiger partial charge in [-0.2, -0.15) is 9.78 Å². The zero-order valence-corrected chi connectivity index (χ0v) is 13.8. The number of hydrogen-bond donors (Lipinski definition) is 0. The van der Waals surface area contributed by atoms with Gasteiger partial charge in [-0.1, -0.05) is 25.6 Å². The molecular weight excluding hydrogens is 300 g/mol. The molecule has 116 valence electrons. The van der Waals surface area contributed by atoms with Gasteiger partial charge in [-0.3, -0.25) is 4.79 Å². The standard InChI is InChI=1S/C15H18N4O2S/c1-10(2)14-17-18-15(22-4)19(14)16-9-12-5-7-13(8-6-12)21-11(3)20/h5-10H,1-4H3/b16-9-. The summed E-state index contributed by atoms with van der Waals surface area (Å²) in [6.07, 6.45) is 3.67. The maximum atomic E-state index is 10.9. The van der Waals surface area contributed by atoms with Crippen molar-refractivity contribution in [3.8, 4) is 5.75 Å². The summed E-state index contributed by atoms with van der Waals surface area (Å²) in [5, 5.41) is 13.5. The molecule has 0 N–H and O–H groups in total. The molecule has 0 aliphatic carbocycles. The first-order valence-electron chi connectivity index (χ1n) is 6.83. The molecule has 0 fully saturated rings. The first-order valence-corrected chi connectivity index (χ1v) is 8.06. The molecule has 0 amide bonds. The van der Waals surface area contributed by atoms with Gasteiger partial charge in [-0.15, -0.1) is 10.2 Å². The molecule has 0 aliphatic rings. The van der Waals surface area contributed by atoms with Crippen molar-refractivity contribution in [2.45, 2.75) is 31.8 Å². The van der Waals surface area contributed by atoms with Gasteiger partial charge in [0, 0.05) is 12.8 Å². The van der Waals surface area contributed by atoms with Gasteiger partial charge in [0.1, 0.15) is 5.75 Å². The Morgan fingerprint density at radius 3 is 2.55 bits per heavy atom. The fourth-order valence-electron chi connectivity index (χ4n) is 1.78. The minimum Gasteiger partial charge on any atom is -0.427 e. The van der Waals surface area contributed by atoms with E-state index in [-0.39, 0.29) is 11.9 Å². The highest BCUT2D eigenvalue weighted by Gasteiger charge is 2.13. The van der Waals surface area contributed by atoms with Crippen molar-refractivity contribution in [2.75, 3.05) is 6.26 Å². The van der Waals surface area contributed by atoms with E-state index in [1.54, 1.807) is 23.0 Å². The average Bonchev–Trinajstić information content (AvgIpc) is 2.89. The van der Waals surface area contributed by atoms with Crippen molar-refractivity contribution in [3.05, 3.63) is 35.7 Å². The number of ether oxygens (including phenoxy) is 1. The molecule has 2 rings (SSSR count). The molecule has 0 unspecified atom stereocenters. The Morgan fingerprint density at radius 2 is 2.00 bits per heavy atom. The third kappa shape index (κ3) is 3.94. The molecular formula is C15H18N4O2S. The van der Waals surface area contributed by atoms with Gasteiger partial charge in [0.15, 0.2) is 5.82 Å². The molecule has 0 aliphatic heterocycles. The van der Waals surface area contributed by atoms with E-state index in [1.807, 2.05) is 32.2 Å². The Balaban J connectivity index is 2.21. The topological polar surface area (TPSA) is 69.4 Å². The van der Waals surface area contributed by atoms with Crippen molar-refractivity contribution in [1.82, 2.24) is 14.9 Å². The molecule has 0 spiro atoms. The number of esters is 1. The molecule has 0 bridgehead atoms. The van der Waals surface area contributed by atoms with Crippen LogP contribution < -0.4 is 4.74 Å². The van der Waals surface area contributed by atoms with Crippen LogP contribution >= 0.6 is 11.8 Å². The molecule has 0 saturated carbocycles. The zero-order chi connectivity index (χ0) is 16.1. The van der Waals surface area contributed by atoms with Crippen LogP contribution in [0.4, 0.5) is 0 Å². The number of nitrogens with zero attached hydrogens (tertiary/aromatic N) is 4. The lowest BCUT2D eigenvalue weighted by Crippen LogP contribution is -2.02. The summed E-state index contributed by atoms with van der Waals surface area (Å²) in [5.74, 6) is 1.23. The number of carbonyl (C=O) groups excluding carboxylic acids is 1. The van der Waals surface area contributed by atoms with Gasteiger partial charge in [0.25, 0.3) is 0 Å². The van der Waals surface area contributed by atoms with Crippen LogP contribution in [0.1, 0.15) is 38.1 Å². The third-order valence-corrected chi connectivity index (χ3v) is 3.42. The Hall–Kier alpha value is -2.15. The van der Waals surface area contributed by atoms with Crippen molar-refractivity contribution >= 4 is 23.9 Å². The molecule has 7 heteroatoms. The number of carbonyl (C=O) groups is 1. The third-order valence-electron chi connectivity index (χ3n) is 2.80. The first kappa shape index (κ1) is 16.2. The molecule has 1 aromatic heterocycles. The molecule has 6 nitrogen and oxygen atoms in total.